The number of imidazole rings is 1. The monoisotopic (exact) mass is 410 g/mol. The summed E-state index contributed by atoms with van der Waals surface area (Å²) >= 11 is 1.73. The quantitative estimate of drug-likeness (QED) is 0.652. The summed E-state index contributed by atoms with van der Waals surface area (Å²) in [5.74, 6) is 1.83. The van der Waals surface area contributed by atoms with Crippen molar-refractivity contribution in [2.75, 3.05) is 23.9 Å². The standard InChI is InChI=1S/C21H22N4O3S/c1-25-17-6-4-3-5-14(17)23-20(25)15(9-10-29-2)24-21(27)13-7-8-18-16(11-13)22-19(26)12-28-18/h3-8,11,15H,9-10,12H2,1-2H3,(H,22,26)(H,24,27)/t15-/m0/s1. The molecule has 7 nitrogen and oxygen atoms in total. The lowest BCUT2D eigenvalue weighted by Crippen LogP contribution is -2.31. The van der Waals surface area contributed by atoms with Crippen molar-refractivity contribution in [3.8, 4) is 5.75 Å². The van der Waals surface area contributed by atoms with Gasteiger partial charge >= 0.3 is 0 Å². The Labute approximate surface area is 172 Å². The number of aryl methyl sites for hydroxylation is 1. The zero-order valence-corrected chi connectivity index (χ0v) is 17.1. The highest BCUT2D eigenvalue weighted by molar-refractivity contribution is 7.98. The summed E-state index contributed by atoms with van der Waals surface area (Å²) in [6.45, 7) is -0.0119. The van der Waals surface area contributed by atoms with E-state index < -0.39 is 0 Å². The minimum Gasteiger partial charge on any atom is -0.482 e. The van der Waals surface area contributed by atoms with E-state index >= 15 is 0 Å². The number of nitrogens with zero attached hydrogens (tertiary/aromatic N) is 2. The number of carbonyl (C=O) groups excluding carboxylic acids is 2. The van der Waals surface area contributed by atoms with Crippen LogP contribution in [0.15, 0.2) is 42.5 Å². The number of ether oxygens (including phenoxy) is 1. The summed E-state index contributed by atoms with van der Waals surface area (Å²) in [5.41, 5.74) is 2.90. The smallest absolute Gasteiger partial charge is 0.262 e. The highest BCUT2D eigenvalue weighted by Gasteiger charge is 2.23. The van der Waals surface area contributed by atoms with E-state index in [-0.39, 0.29) is 24.5 Å². The van der Waals surface area contributed by atoms with Crippen molar-refractivity contribution < 1.29 is 14.3 Å². The molecule has 0 fully saturated rings. The van der Waals surface area contributed by atoms with Crippen molar-refractivity contribution in [1.82, 2.24) is 14.9 Å². The molecule has 2 amide bonds. The molecule has 0 spiro atoms. The second-order valence-electron chi connectivity index (χ2n) is 6.87. The molecule has 1 atom stereocenters. The van der Waals surface area contributed by atoms with Gasteiger partial charge in [-0.3, -0.25) is 9.59 Å². The maximum absolute atomic E-state index is 13.0. The second-order valence-corrected chi connectivity index (χ2v) is 7.86. The van der Waals surface area contributed by atoms with E-state index in [0.29, 0.717) is 17.0 Å². The van der Waals surface area contributed by atoms with E-state index in [2.05, 4.69) is 10.6 Å². The molecule has 1 aliphatic rings. The summed E-state index contributed by atoms with van der Waals surface area (Å²) in [7, 11) is 1.97. The number of para-hydroxylation sites is 2. The van der Waals surface area contributed by atoms with Gasteiger partial charge in [0.1, 0.15) is 11.6 Å². The van der Waals surface area contributed by atoms with Crippen molar-refractivity contribution in [3.63, 3.8) is 0 Å². The summed E-state index contributed by atoms with van der Waals surface area (Å²) < 4.78 is 7.39. The number of rotatable bonds is 6. The van der Waals surface area contributed by atoms with Gasteiger partial charge < -0.3 is 19.9 Å². The van der Waals surface area contributed by atoms with Crippen LogP contribution in [0.4, 0.5) is 5.69 Å². The molecule has 150 valence electrons. The van der Waals surface area contributed by atoms with Crippen LogP contribution in [0.5, 0.6) is 5.75 Å². The van der Waals surface area contributed by atoms with Gasteiger partial charge in [-0.15, -0.1) is 0 Å². The van der Waals surface area contributed by atoms with Crippen molar-refractivity contribution in [2.45, 2.75) is 12.5 Å². The number of carbonyl (C=O) groups is 2. The lowest BCUT2D eigenvalue weighted by Gasteiger charge is -2.20. The predicted octanol–water partition coefficient (Wildman–Crippen LogP) is 3.13. The highest BCUT2D eigenvalue weighted by atomic mass is 32.2. The normalized spacial score (nSPS) is 14.1. The fourth-order valence-electron chi connectivity index (χ4n) is 3.44. The lowest BCUT2D eigenvalue weighted by molar-refractivity contribution is -0.118. The second kappa shape index (κ2) is 8.16. The molecule has 29 heavy (non-hydrogen) atoms. The van der Waals surface area contributed by atoms with Crippen molar-refractivity contribution >= 4 is 40.3 Å². The Morgan fingerprint density at radius 3 is 2.97 bits per heavy atom. The molecule has 0 saturated heterocycles. The minimum absolute atomic E-state index is 0.0119. The van der Waals surface area contributed by atoms with E-state index in [1.54, 1.807) is 30.0 Å². The molecule has 0 bridgehead atoms. The summed E-state index contributed by atoms with van der Waals surface area (Å²) in [6, 6.07) is 12.7. The van der Waals surface area contributed by atoms with E-state index in [1.165, 1.54) is 0 Å². The lowest BCUT2D eigenvalue weighted by atomic mass is 10.1. The van der Waals surface area contributed by atoms with Gasteiger partial charge in [0.15, 0.2) is 6.61 Å². The van der Waals surface area contributed by atoms with Crippen LogP contribution in [-0.2, 0) is 11.8 Å². The fraction of sp³-hybridized carbons (Fsp3) is 0.286. The van der Waals surface area contributed by atoms with E-state index in [4.69, 9.17) is 9.72 Å². The third-order valence-corrected chi connectivity index (χ3v) is 5.57. The molecule has 3 aromatic rings. The number of amides is 2. The van der Waals surface area contributed by atoms with Crippen LogP contribution in [0.3, 0.4) is 0 Å². The largest absolute Gasteiger partial charge is 0.482 e. The van der Waals surface area contributed by atoms with Crippen LogP contribution < -0.4 is 15.4 Å². The molecule has 4 rings (SSSR count). The number of hydrogen-bond donors (Lipinski definition) is 2. The van der Waals surface area contributed by atoms with Crippen LogP contribution in [0.1, 0.15) is 28.6 Å². The molecule has 0 radical (unpaired) electrons. The summed E-state index contributed by atoms with van der Waals surface area (Å²) in [5, 5.41) is 5.85. The van der Waals surface area contributed by atoms with Gasteiger partial charge in [0.25, 0.3) is 11.8 Å². The Bertz CT molecular complexity index is 1080. The molecule has 2 heterocycles. The number of aromatic nitrogens is 2. The van der Waals surface area contributed by atoms with Crippen molar-refractivity contribution in [1.29, 1.82) is 0 Å². The van der Waals surface area contributed by atoms with Crippen LogP contribution in [-0.4, -0.2) is 40.0 Å². The molecule has 0 unspecified atom stereocenters. The van der Waals surface area contributed by atoms with Gasteiger partial charge in [-0.05, 0) is 48.8 Å². The molecule has 0 aliphatic carbocycles. The first kappa shape index (κ1) is 19.3. The van der Waals surface area contributed by atoms with Crippen LogP contribution in [0.25, 0.3) is 11.0 Å². The highest BCUT2D eigenvalue weighted by Crippen LogP contribution is 2.29. The number of thioether (sulfide) groups is 1. The molecule has 1 aliphatic heterocycles. The molecule has 0 saturated carbocycles. The third-order valence-electron chi connectivity index (χ3n) is 4.92. The zero-order chi connectivity index (χ0) is 20.4. The Hall–Kier alpha value is -3.00. The van der Waals surface area contributed by atoms with Gasteiger partial charge in [0.2, 0.25) is 0 Å². The Morgan fingerprint density at radius 1 is 1.34 bits per heavy atom. The maximum atomic E-state index is 13.0. The van der Waals surface area contributed by atoms with Gasteiger partial charge in [-0.1, -0.05) is 12.1 Å². The Kier molecular flexibility index (Phi) is 5.44. The summed E-state index contributed by atoms with van der Waals surface area (Å²) in [4.78, 5) is 29.3. The number of anilines is 1. The minimum atomic E-state index is -0.229. The topological polar surface area (TPSA) is 85.2 Å². The number of fused-ring (bicyclic) bond motifs is 2. The van der Waals surface area contributed by atoms with Gasteiger partial charge in [-0.25, -0.2) is 4.98 Å². The Balaban J connectivity index is 1.61. The average Bonchev–Trinajstić information content (AvgIpc) is 3.07. The molecule has 2 N–H and O–H groups in total. The van der Waals surface area contributed by atoms with Gasteiger partial charge in [0, 0.05) is 12.6 Å². The van der Waals surface area contributed by atoms with Gasteiger partial charge in [0.05, 0.1) is 22.8 Å². The third kappa shape index (κ3) is 3.93. The number of benzene rings is 2. The van der Waals surface area contributed by atoms with Crippen LogP contribution >= 0.6 is 11.8 Å². The predicted molar refractivity (Wildman–Crippen MR) is 114 cm³/mol. The molecule has 2 aromatic carbocycles. The Morgan fingerprint density at radius 2 is 2.17 bits per heavy atom. The van der Waals surface area contributed by atoms with E-state index in [0.717, 1.165) is 29.0 Å². The number of nitrogens with one attached hydrogen (secondary N) is 2. The fourth-order valence-corrected chi connectivity index (χ4v) is 3.91. The first-order chi connectivity index (χ1) is 14.1. The molecular weight excluding hydrogens is 388 g/mol. The average molecular weight is 410 g/mol. The van der Waals surface area contributed by atoms with Crippen LogP contribution in [0.2, 0.25) is 0 Å². The summed E-state index contributed by atoms with van der Waals surface area (Å²) in [6.07, 6.45) is 2.80. The SMILES string of the molecule is CSCC[C@H](NC(=O)c1ccc2c(c1)NC(=O)CO2)c1nc2ccccc2n1C. The molecule has 8 heteroatoms. The van der Waals surface area contributed by atoms with Crippen molar-refractivity contribution in [3.05, 3.63) is 53.9 Å². The van der Waals surface area contributed by atoms with Crippen LogP contribution in [0, 0.1) is 0 Å². The molecule has 1 aromatic heterocycles. The maximum Gasteiger partial charge on any atom is 0.262 e. The van der Waals surface area contributed by atoms with Crippen molar-refractivity contribution in [2.24, 2.45) is 7.05 Å². The van der Waals surface area contributed by atoms with E-state index in [1.807, 2.05) is 42.1 Å². The first-order valence-electron chi connectivity index (χ1n) is 9.34. The first-order valence-corrected chi connectivity index (χ1v) is 10.7. The van der Waals surface area contributed by atoms with Gasteiger partial charge in [-0.2, -0.15) is 11.8 Å². The molecular formula is C21H22N4O3S. The van der Waals surface area contributed by atoms with E-state index in [9.17, 15) is 9.59 Å². The number of hydrogen-bond acceptors (Lipinski definition) is 5. The zero-order valence-electron chi connectivity index (χ0n) is 16.3.